The van der Waals surface area contributed by atoms with Crippen LogP contribution in [0, 0.1) is 5.82 Å². The van der Waals surface area contributed by atoms with Gasteiger partial charge in [-0.05, 0) is 18.2 Å². The fourth-order valence-corrected chi connectivity index (χ4v) is 1.13. The highest BCUT2D eigenvalue weighted by Gasteiger charge is 2.13. The molecule has 2 aromatic rings. The summed E-state index contributed by atoms with van der Waals surface area (Å²) < 4.78 is 12.9. The Morgan fingerprint density at radius 2 is 2.31 bits per heavy atom. The van der Waals surface area contributed by atoms with Crippen molar-refractivity contribution in [2.24, 2.45) is 0 Å². The maximum absolute atomic E-state index is 12.9. The van der Waals surface area contributed by atoms with Gasteiger partial charge in [-0.1, -0.05) is 0 Å². The summed E-state index contributed by atoms with van der Waals surface area (Å²) in [5, 5.41) is 17.6. The molecule has 0 aliphatic rings. The number of amides is 1. The summed E-state index contributed by atoms with van der Waals surface area (Å²) in [5.74, 6) is -1.47. The van der Waals surface area contributed by atoms with E-state index in [0.29, 0.717) is 0 Å². The lowest BCUT2D eigenvalue weighted by Crippen LogP contribution is -2.13. The molecular formula is C9H7FN4O2. The van der Waals surface area contributed by atoms with Crippen molar-refractivity contribution in [3.63, 3.8) is 0 Å². The number of carbonyl (C=O) groups excluding carboxylic acids is 1. The Morgan fingerprint density at radius 3 is 3.00 bits per heavy atom. The van der Waals surface area contributed by atoms with Crippen LogP contribution in [0.2, 0.25) is 0 Å². The summed E-state index contributed by atoms with van der Waals surface area (Å²) in [5.41, 5.74) is -0.170. The Morgan fingerprint density at radius 1 is 1.50 bits per heavy atom. The van der Waals surface area contributed by atoms with Crippen molar-refractivity contribution in [3.8, 4) is 5.75 Å². The molecule has 0 bridgehead atoms. The van der Waals surface area contributed by atoms with Gasteiger partial charge < -0.3 is 5.11 Å². The molecule has 16 heavy (non-hydrogen) atoms. The molecule has 1 aromatic carbocycles. The van der Waals surface area contributed by atoms with Crippen molar-refractivity contribution in [2.75, 3.05) is 5.32 Å². The van der Waals surface area contributed by atoms with Crippen LogP contribution in [0.5, 0.6) is 5.75 Å². The lowest BCUT2D eigenvalue weighted by atomic mass is 10.2. The number of carbonyl (C=O) groups is 1. The summed E-state index contributed by atoms with van der Waals surface area (Å²) in [6.45, 7) is 0. The zero-order valence-corrected chi connectivity index (χ0v) is 7.94. The molecule has 0 unspecified atom stereocenters. The highest BCUT2D eigenvalue weighted by molar-refractivity contribution is 6.05. The van der Waals surface area contributed by atoms with Crippen molar-refractivity contribution in [1.82, 2.24) is 15.2 Å². The number of hydrogen-bond acceptors (Lipinski definition) is 4. The van der Waals surface area contributed by atoms with E-state index in [2.05, 4.69) is 20.5 Å². The molecule has 1 heterocycles. The molecular weight excluding hydrogens is 215 g/mol. The van der Waals surface area contributed by atoms with Crippen LogP contribution in [0.1, 0.15) is 10.4 Å². The van der Waals surface area contributed by atoms with Crippen LogP contribution < -0.4 is 5.32 Å². The summed E-state index contributed by atoms with van der Waals surface area (Å²) in [4.78, 5) is 15.2. The lowest BCUT2D eigenvalue weighted by molar-refractivity contribution is 0.102. The Balaban J connectivity index is 2.24. The standard InChI is InChI=1S/C9H7FN4O2/c10-5-1-2-7(15)6(3-5)8(16)13-9-11-4-12-14-9/h1-4,15H,(H2,11,12,13,14,16). The van der Waals surface area contributed by atoms with E-state index >= 15 is 0 Å². The predicted molar refractivity (Wildman–Crippen MR) is 52.4 cm³/mol. The number of hydrogen-bond donors (Lipinski definition) is 3. The van der Waals surface area contributed by atoms with Gasteiger partial charge in [-0.25, -0.2) is 9.49 Å². The Bertz CT molecular complexity index is 512. The first-order chi connectivity index (χ1) is 7.66. The third kappa shape index (κ3) is 1.97. The van der Waals surface area contributed by atoms with E-state index < -0.39 is 11.7 Å². The lowest BCUT2D eigenvalue weighted by Gasteiger charge is -2.03. The number of anilines is 1. The third-order valence-corrected chi connectivity index (χ3v) is 1.85. The van der Waals surface area contributed by atoms with Crippen molar-refractivity contribution >= 4 is 11.9 Å². The molecule has 2 rings (SSSR count). The Labute approximate surface area is 89.1 Å². The molecule has 0 saturated heterocycles. The predicted octanol–water partition coefficient (Wildman–Crippen LogP) is 0.902. The topological polar surface area (TPSA) is 90.9 Å². The van der Waals surface area contributed by atoms with Gasteiger partial charge in [0, 0.05) is 0 Å². The molecule has 0 atom stereocenters. The van der Waals surface area contributed by atoms with Gasteiger partial charge in [-0.15, -0.1) is 0 Å². The van der Waals surface area contributed by atoms with Crippen LogP contribution in [0.15, 0.2) is 24.5 Å². The first kappa shape index (κ1) is 10.1. The van der Waals surface area contributed by atoms with Crippen LogP contribution in [0.3, 0.4) is 0 Å². The van der Waals surface area contributed by atoms with E-state index in [1.54, 1.807) is 0 Å². The summed E-state index contributed by atoms with van der Waals surface area (Å²) >= 11 is 0. The second-order valence-electron chi connectivity index (χ2n) is 2.95. The second-order valence-corrected chi connectivity index (χ2v) is 2.95. The van der Waals surface area contributed by atoms with E-state index in [-0.39, 0.29) is 17.3 Å². The van der Waals surface area contributed by atoms with Crippen molar-refractivity contribution in [1.29, 1.82) is 0 Å². The van der Waals surface area contributed by atoms with Crippen LogP contribution in [-0.4, -0.2) is 26.2 Å². The minimum atomic E-state index is -0.672. The first-order valence-corrected chi connectivity index (χ1v) is 4.32. The molecule has 82 valence electrons. The molecule has 1 aromatic heterocycles. The molecule has 0 radical (unpaired) electrons. The number of H-pyrrole nitrogens is 1. The van der Waals surface area contributed by atoms with Gasteiger partial charge in [0.05, 0.1) is 5.56 Å². The van der Waals surface area contributed by atoms with Gasteiger partial charge in [0.15, 0.2) is 0 Å². The summed E-state index contributed by atoms with van der Waals surface area (Å²) in [7, 11) is 0. The van der Waals surface area contributed by atoms with Gasteiger partial charge in [0.25, 0.3) is 5.91 Å². The molecule has 3 N–H and O–H groups in total. The monoisotopic (exact) mass is 222 g/mol. The number of nitrogens with one attached hydrogen (secondary N) is 2. The molecule has 0 spiro atoms. The van der Waals surface area contributed by atoms with Gasteiger partial charge in [-0.2, -0.15) is 10.1 Å². The SMILES string of the molecule is O=C(Nc1ncn[nH]1)c1cc(F)ccc1O. The number of nitrogens with zero attached hydrogens (tertiary/aromatic N) is 2. The van der Waals surface area contributed by atoms with E-state index in [9.17, 15) is 14.3 Å². The molecule has 6 nitrogen and oxygen atoms in total. The Hall–Kier alpha value is -2.44. The highest BCUT2D eigenvalue weighted by atomic mass is 19.1. The normalized spacial score (nSPS) is 10.1. The van der Waals surface area contributed by atoms with Gasteiger partial charge >= 0.3 is 0 Å². The molecule has 0 aliphatic heterocycles. The van der Waals surface area contributed by atoms with Crippen LogP contribution in [-0.2, 0) is 0 Å². The second kappa shape index (κ2) is 3.97. The molecule has 0 saturated carbocycles. The van der Waals surface area contributed by atoms with Crippen LogP contribution in [0.25, 0.3) is 0 Å². The first-order valence-electron chi connectivity index (χ1n) is 4.32. The third-order valence-electron chi connectivity index (χ3n) is 1.85. The zero-order valence-electron chi connectivity index (χ0n) is 7.94. The number of phenols is 1. The number of benzene rings is 1. The number of halogens is 1. The quantitative estimate of drug-likeness (QED) is 0.704. The fraction of sp³-hybridized carbons (Fsp3) is 0. The summed E-state index contributed by atoms with van der Waals surface area (Å²) in [6.07, 6.45) is 1.21. The number of aromatic nitrogens is 3. The number of phenolic OH excluding ortho intramolecular Hbond substituents is 1. The highest BCUT2D eigenvalue weighted by Crippen LogP contribution is 2.18. The van der Waals surface area contributed by atoms with E-state index in [1.165, 1.54) is 6.33 Å². The molecule has 0 aliphatic carbocycles. The number of aromatic amines is 1. The minimum absolute atomic E-state index is 0.119. The minimum Gasteiger partial charge on any atom is -0.507 e. The average Bonchev–Trinajstić information content (AvgIpc) is 2.74. The largest absolute Gasteiger partial charge is 0.507 e. The maximum Gasteiger partial charge on any atom is 0.261 e. The van der Waals surface area contributed by atoms with Crippen molar-refractivity contribution in [2.45, 2.75) is 0 Å². The van der Waals surface area contributed by atoms with Crippen LogP contribution in [0.4, 0.5) is 10.3 Å². The Kier molecular flexibility index (Phi) is 2.50. The van der Waals surface area contributed by atoms with Gasteiger partial charge in [-0.3, -0.25) is 10.1 Å². The maximum atomic E-state index is 12.9. The van der Waals surface area contributed by atoms with E-state index in [1.807, 2.05) is 0 Å². The van der Waals surface area contributed by atoms with E-state index in [4.69, 9.17) is 0 Å². The van der Waals surface area contributed by atoms with E-state index in [0.717, 1.165) is 18.2 Å². The number of aromatic hydroxyl groups is 1. The van der Waals surface area contributed by atoms with Gasteiger partial charge in [0.2, 0.25) is 5.95 Å². The van der Waals surface area contributed by atoms with Crippen molar-refractivity contribution in [3.05, 3.63) is 35.9 Å². The van der Waals surface area contributed by atoms with Crippen LogP contribution >= 0.6 is 0 Å². The average molecular weight is 222 g/mol. The number of rotatable bonds is 2. The van der Waals surface area contributed by atoms with Gasteiger partial charge in [0.1, 0.15) is 17.9 Å². The molecule has 1 amide bonds. The molecule has 0 fully saturated rings. The summed E-state index contributed by atoms with van der Waals surface area (Å²) in [6, 6.07) is 3.09. The zero-order chi connectivity index (χ0) is 11.5. The fourth-order valence-electron chi connectivity index (χ4n) is 1.13. The van der Waals surface area contributed by atoms with Crippen molar-refractivity contribution < 1.29 is 14.3 Å². The molecule has 7 heteroatoms. The smallest absolute Gasteiger partial charge is 0.261 e.